The molecule has 0 aliphatic rings. The summed E-state index contributed by atoms with van der Waals surface area (Å²) in [5.74, 6) is 0.190. The standard InChI is InChI=1S/C11H11Br3O3/c1-6(2)17-10(15)5-16-11-8(13)3-7(12)4-9(11)14/h3-4,6H,5H2,1-2H3. The average molecular weight is 431 g/mol. The first-order valence-corrected chi connectivity index (χ1v) is 7.25. The van der Waals surface area contributed by atoms with Crippen molar-refractivity contribution in [1.29, 1.82) is 0 Å². The molecule has 0 aromatic heterocycles. The Balaban J connectivity index is 2.67. The SMILES string of the molecule is CC(C)OC(=O)COc1c(Br)cc(Br)cc1Br. The van der Waals surface area contributed by atoms with E-state index in [-0.39, 0.29) is 18.7 Å². The predicted octanol–water partition coefficient (Wildman–Crippen LogP) is 4.30. The van der Waals surface area contributed by atoms with Crippen molar-refractivity contribution in [2.75, 3.05) is 6.61 Å². The number of ether oxygens (including phenoxy) is 2. The van der Waals surface area contributed by atoms with Crippen molar-refractivity contribution < 1.29 is 14.3 Å². The predicted molar refractivity (Wildman–Crippen MR) is 76.3 cm³/mol. The zero-order chi connectivity index (χ0) is 13.0. The molecule has 0 spiro atoms. The van der Waals surface area contributed by atoms with E-state index in [2.05, 4.69) is 47.8 Å². The minimum absolute atomic E-state index is 0.114. The van der Waals surface area contributed by atoms with E-state index in [1.165, 1.54) is 0 Å². The lowest BCUT2D eigenvalue weighted by Crippen LogP contribution is -2.18. The van der Waals surface area contributed by atoms with Crippen molar-refractivity contribution >= 4 is 53.8 Å². The first kappa shape index (κ1) is 15.0. The summed E-state index contributed by atoms with van der Waals surface area (Å²) in [5.41, 5.74) is 0. The van der Waals surface area contributed by atoms with E-state index in [1.807, 2.05) is 12.1 Å². The van der Waals surface area contributed by atoms with Crippen LogP contribution < -0.4 is 4.74 Å². The van der Waals surface area contributed by atoms with Crippen molar-refractivity contribution in [3.8, 4) is 5.75 Å². The van der Waals surface area contributed by atoms with Crippen LogP contribution in [-0.4, -0.2) is 18.7 Å². The van der Waals surface area contributed by atoms with Gasteiger partial charge in [-0.2, -0.15) is 0 Å². The van der Waals surface area contributed by atoms with E-state index in [0.717, 1.165) is 13.4 Å². The highest BCUT2D eigenvalue weighted by molar-refractivity contribution is 9.11. The molecule has 1 aromatic rings. The highest BCUT2D eigenvalue weighted by Gasteiger charge is 2.12. The maximum absolute atomic E-state index is 11.3. The fraction of sp³-hybridized carbons (Fsp3) is 0.364. The highest BCUT2D eigenvalue weighted by atomic mass is 79.9. The molecule has 0 saturated carbocycles. The molecule has 0 amide bonds. The van der Waals surface area contributed by atoms with Gasteiger partial charge in [0.2, 0.25) is 0 Å². The number of carbonyl (C=O) groups is 1. The minimum atomic E-state index is -0.387. The Morgan fingerprint density at radius 2 is 1.76 bits per heavy atom. The van der Waals surface area contributed by atoms with Crippen LogP contribution in [0.5, 0.6) is 5.75 Å². The van der Waals surface area contributed by atoms with E-state index in [1.54, 1.807) is 13.8 Å². The second-order valence-electron chi connectivity index (χ2n) is 3.53. The fourth-order valence-electron chi connectivity index (χ4n) is 1.09. The summed E-state index contributed by atoms with van der Waals surface area (Å²) in [6.07, 6.45) is -0.136. The number of halogens is 3. The van der Waals surface area contributed by atoms with Crippen LogP contribution in [0.25, 0.3) is 0 Å². The van der Waals surface area contributed by atoms with E-state index in [9.17, 15) is 4.79 Å². The van der Waals surface area contributed by atoms with Crippen LogP contribution in [-0.2, 0) is 9.53 Å². The molecule has 0 saturated heterocycles. The monoisotopic (exact) mass is 428 g/mol. The molecule has 0 unspecified atom stereocenters. The van der Waals surface area contributed by atoms with Crippen LogP contribution in [0.1, 0.15) is 13.8 Å². The Labute approximate surface area is 125 Å². The number of hydrogen-bond donors (Lipinski definition) is 0. The van der Waals surface area contributed by atoms with Crippen molar-refractivity contribution in [2.24, 2.45) is 0 Å². The molecule has 0 aliphatic carbocycles. The Morgan fingerprint density at radius 3 is 2.24 bits per heavy atom. The molecule has 6 heteroatoms. The third-order valence-electron chi connectivity index (χ3n) is 1.66. The van der Waals surface area contributed by atoms with E-state index in [4.69, 9.17) is 9.47 Å². The lowest BCUT2D eigenvalue weighted by atomic mass is 10.3. The molecule has 0 N–H and O–H groups in total. The Hall–Kier alpha value is -0.0700. The van der Waals surface area contributed by atoms with Crippen LogP contribution >= 0.6 is 47.8 Å². The highest BCUT2D eigenvalue weighted by Crippen LogP contribution is 2.36. The van der Waals surface area contributed by atoms with Crippen LogP contribution in [0.15, 0.2) is 25.6 Å². The van der Waals surface area contributed by atoms with E-state index < -0.39 is 0 Å². The van der Waals surface area contributed by atoms with Gasteiger partial charge in [0.25, 0.3) is 0 Å². The molecule has 0 atom stereocenters. The molecule has 0 aliphatic heterocycles. The summed E-state index contributed by atoms with van der Waals surface area (Å²) in [4.78, 5) is 11.3. The lowest BCUT2D eigenvalue weighted by Gasteiger charge is -2.12. The molecule has 0 radical (unpaired) electrons. The fourth-order valence-corrected chi connectivity index (χ4v) is 3.58. The first-order chi connectivity index (χ1) is 7.90. The zero-order valence-corrected chi connectivity index (χ0v) is 14.1. The topological polar surface area (TPSA) is 35.5 Å². The van der Waals surface area contributed by atoms with Crippen LogP contribution in [0.2, 0.25) is 0 Å². The zero-order valence-electron chi connectivity index (χ0n) is 9.30. The van der Waals surface area contributed by atoms with Gasteiger partial charge in [-0.3, -0.25) is 0 Å². The second-order valence-corrected chi connectivity index (χ2v) is 6.15. The third-order valence-corrected chi connectivity index (χ3v) is 3.30. The summed E-state index contributed by atoms with van der Waals surface area (Å²) >= 11 is 10.1. The van der Waals surface area contributed by atoms with Crippen LogP contribution in [0, 0.1) is 0 Å². The summed E-state index contributed by atoms with van der Waals surface area (Å²) in [6.45, 7) is 3.48. The summed E-state index contributed by atoms with van der Waals surface area (Å²) in [6, 6.07) is 3.68. The quantitative estimate of drug-likeness (QED) is 0.668. The average Bonchev–Trinajstić information content (AvgIpc) is 2.14. The van der Waals surface area contributed by atoms with Gasteiger partial charge < -0.3 is 9.47 Å². The van der Waals surface area contributed by atoms with Gasteiger partial charge in [-0.15, -0.1) is 0 Å². The molecule has 1 aromatic carbocycles. The molecule has 17 heavy (non-hydrogen) atoms. The van der Waals surface area contributed by atoms with Crippen molar-refractivity contribution in [1.82, 2.24) is 0 Å². The van der Waals surface area contributed by atoms with Gasteiger partial charge in [0.1, 0.15) is 5.75 Å². The summed E-state index contributed by atoms with van der Waals surface area (Å²) in [5, 5.41) is 0. The second kappa shape index (κ2) is 6.75. The Bertz CT molecular complexity index is 395. The third kappa shape index (κ3) is 4.97. The van der Waals surface area contributed by atoms with Crippen molar-refractivity contribution in [3.63, 3.8) is 0 Å². The molecule has 94 valence electrons. The molecule has 0 heterocycles. The van der Waals surface area contributed by atoms with Gasteiger partial charge in [-0.25, -0.2) is 4.79 Å². The smallest absolute Gasteiger partial charge is 0.344 e. The Kier molecular flexibility index (Phi) is 5.95. The normalized spacial score (nSPS) is 10.5. The maximum Gasteiger partial charge on any atom is 0.344 e. The van der Waals surface area contributed by atoms with Crippen LogP contribution in [0.3, 0.4) is 0 Å². The number of hydrogen-bond acceptors (Lipinski definition) is 3. The van der Waals surface area contributed by atoms with E-state index >= 15 is 0 Å². The molecule has 0 bridgehead atoms. The minimum Gasteiger partial charge on any atom is -0.480 e. The maximum atomic E-state index is 11.3. The van der Waals surface area contributed by atoms with Crippen molar-refractivity contribution in [2.45, 2.75) is 20.0 Å². The molecule has 3 nitrogen and oxygen atoms in total. The first-order valence-electron chi connectivity index (χ1n) is 4.87. The number of benzene rings is 1. The molecule has 0 fully saturated rings. The number of esters is 1. The van der Waals surface area contributed by atoms with Gasteiger partial charge in [0.15, 0.2) is 6.61 Å². The van der Waals surface area contributed by atoms with E-state index in [0.29, 0.717) is 5.75 Å². The van der Waals surface area contributed by atoms with Crippen LogP contribution in [0.4, 0.5) is 0 Å². The number of rotatable bonds is 4. The Morgan fingerprint density at radius 1 is 1.24 bits per heavy atom. The molecular formula is C11H11Br3O3. The van der Waals surface area contributed by atoms with Gasteiger partial charge in [-0.1, -0.05) is 15.9 Å². The largest absolute Gasteiger partial charge is 0.480 e. The van der Waals surface area contributed by atoms with Crippen molar-refractivity contribution in [3.05, 3.63) is 25.6 Å². The van der Waals surface area contributed by atoms with Gasteiger partial charge >= 0.3 is 5.97 Å². The lowest BCUT2D eigenvalue weighted by molar-refractivity contribution is -0.149. The summed E-state index contributed by atoms with van der Waals surface area (Å²) < 4.78 is 12.8. The summed E-state index contributed by atoms with van der Waals surface area (Å²) in [7, 11) is 0. The number of carbonyl (C=O) groups excluding carboxylic acids is 1. The molecule has 1 rings (SSSR count). The molecular weight excluding hydrogens is 420 g/mol. The van der Waals surface area contributed by atoms with Gasteiger partial charge in [0.05, 0.1) is 15.0 Å². The van der Waals surface area contributed by atoms with Gasteiger partial charge in [0, 0.05) is 4.47 Å². The van der Waals surface area contributed by atoms with Gasteiger partial charge in [-0.05, 0) is 57.8 Å².